The van der Waals surface area contributed by atoms with E-state index in [1.807, 2.05) is 27.9 Å². The molecule has 0 rings (SSSR count). The van der Waals surface area contributed by atoms with Crippen molar-refractivity contribution in [2.75, 3.05) is 33.7 Å². The molecule has 0 saturated carbocycles. The molecule has 16 heavy (non-hydrogen) atoms. The molecule has 0 aliphatic carbocycles. The second kappa shape index (κ2) is 7.46. The molecule has 0 heterocycles. The monoisotopic (exact) mass is 231 g/mol. The number of carbonyl (C=O) groups is 1. The largest absolute Gasteiger partial charge is 0.444 e. The number of nitrogens with two attached hydrogens (primary N) is 1. The van der Waals surface area contributed by atoms with E-state index < -0.39 is 11.7 Å². The van der Waals surface area contributed by atoms with E-state index in [0.29, 0.717) is 0 Å². The Kier molecular flexibility index (Phi) is 7.08. The SMILES string of the molecule is CN(C)CCNCCCC(C)(C)OC(N)=O. The second-order valence-corrected chi connectivity index (χ2v) is 4.84. The van der Waals surface area contributed by atoms with Gasteiger partial charge in [-0.15, -0.1) is 0 Å². The van der Waals surface area contributed by atoms with Crippen molar-refractivity contribution in [2.45, 2.75) is 32.3 Å². The molecule has 0 saturated heterocycles. The van der Waals surface area contributed by atoms with E-state index in [2.05, 4.69) is 10.2 Å². The standard InChI is InChI=1S/C11H25N3O2/c1-11(2,16-10(12)15)6-5-7-13-8-9-14(3)4/h13H,5-9H2,1-4H3,(H2,12,15). The van der Waals surface area contributed by atoms with E-state index in [-0.39, 0.29) is 0 Å². The molecule has 0 aromatic rings. The van der Waals surface area contributed by atoms with Gasteiger partial charge in [0, 0.05) is 13.1 Å². The lowest BCUT2D eigenvalue weighted by Crippen LogP contribution is -2.32. The molecule has 5 heteroatoms. The van der Waals surface area contributed by atoms with E-state index in [1.54, 1.807) is 0 Å². The first kappa shape index (κ1) is 15.2. The summed E-state index contributed by atoms with van der Waals surface area (Å²) >= 11 is 0. The number of hydrogen-bond donors (Lipinski definition) is 2. The molecular weight excluding hydrogens is 206 g/mol. The Morgan fingerprint density at radius 1 is 1.38 bits per heavy atom. The van der Waals surface area contributed by atoms with Crippen LogP contribution in [-0.4, -0.2) is 50.3 Å². The van der Waals surface area contributed by atoms with Crippen LogP contribution >= 0.6 is 0 Å². The van der Waals surface area contributed by atoms with Crippen molar-refractivity contribution in [3.8, 4) is 0 Å². The summed E-state index contributed by atoms with van der Waals surface area (Å²) in [5, 5.41) is 3.33. The van der Waals surface area contributed by atoms with E-state index in [1.165, 1.54) is 0 Å². The molecule has 1 amide bonds. The van der Waals surface area contributed by atoms with Crippen molar-refractivity contribution in [1.29, 1.82) is 0 Å². The Balaban J connectivity index is 3.46. The van der Waals surface area contributed by atoms with Gasteiger partial charge in [0.05, 0.1) is 0 Å². The predicted molar refractivity (Wildman–Crippen MR) is 65.4 cm³/mol. The summed E-state index contributed by atoms with van der Waals surface area (Å²) in [6.07, 6.45) is 1.07. The number of primary amides is 1. The first-order valence-corrected chi connectivity index (χ1v) is 5.67. The fraction of sp³-hybridized carbons (Fsp3) is 0.909. The number of amides is 1. The lowest BCUT2D eigenvalue weighted by Gasteiger charge is -2.23. The number of carbonyl (C=O) groups excluding carboxylic acids is 1. The topological polar surface area (TPSA) is 67.6 Å². The lowest BCUT2D eigenvalue weighted by atomic mass is 10.0. The molecule has 0 bridgehead atoms. The smallest absolute Gasteiger partial charge is 0.405 e. The number of likely N-dealkylation sites (N-methyl/N-ethyl adjacent to an activating group) is 1. The maximum atomic E-state index is 10.6. The van der Waals surface area contributed by atoms with E-state index >= 15 is 0 Å². The number of nitrogens with one attached hydrogen (secondary N) is 1. The van der Waals surface area contributed by atoms with E-state index in [4.69, 9.17) is 10.5 Å². The molecule has 3 N–H and O–H groups in total. The van der Waals surface area contributed by atoms with Gasteiger partial charge in [0.2, 0.25) is 0 Å². The first-order valence-electron chi connectivity index (χ1n) is 5.67. The summed E-state index contributed by atoms with van der Waals surface area (Å²) in [4.78, 5) is 12.7. The van der Waals surface area contributed by atoms with Gasteiger partial charge in [-0.2, -0.15) is 0 Å². The van der Waals surface area contributed by atoms with Gasteiger partial charge >= 0.3 is 6.09 Å². The molecule has 0 aliphatic heterocycles. The number of rotatable bonds is 8. The van der Waals surface area contributed by atoms with Gasteiger partial charge in [-0.3, -0.25) is 0 Å². The van der Waals surface area contributed by atoms with Crippen LogP contribution in [0.2, 0.25) is 0 Å². The summed E-state index contributed by atoms with van der Waals surface area (Å²) in [5.41, 5.74) is 4.52. The van der Waals surface area contributed by atoms with Crippen molar-refractivity contribution >= 4 is 6.09 Å². The summed E-state index contributed by atoms with van der Waals surface area (Å²) in [6, 6.07) is 0. The van der Waals surface area contributed by atoms with E-state index in [9.17, 15) is 4.79 Å². The Bertz CT molecular complexity index is 205. The van der Waals surface area contributed by atoms with E-state index in [0.717, 1.165) is 32.5 Å². The highest BCUT2D eigenvalue weighted by Crippen LogP contribution is 2.15. The maximum absolute atomic E-state index is 10.6. The van der Waals surface area contributed by atoms with Crippen molar-refractivity contribution in [1.82, 2.24) is 10.2 Å². The average molecular weight is 231 g/mol. The fourth-order valence-electron chi connectivity index (χ4n) is 1.39. The van der Waals surface area contributed by atoms with Crippen LogP contribution in [0.25, 0.3) is 0 Å². The molecule has 0 aromatic carbocycles. The Hall–Kier alpha value is -0.810. The summed E-state index contributed by atoms with van der Waals surface area (Å²) in [7, 11) is 4.09. The van der Waals surface area contributed by atoms with Crippen LogP contribution in [-0.2, 0) is 4.74 Å². The number of hydrogen-bond acceptors (Lipinski definition) is 4. The zero-order chi connectivity index (χ0) is 12.6. The van der Waals surface area contributed by atoms with Crippen LogP contribution < -0.4 is 11.1 Å². The molecule has 96 valence electrons. The molecule has 0 spiro atoms. The van der Waals surface area contributed by atoms with Gasteiger partial charge < -0.3 is 20.7 Å². The quantitative estimate of drug-likeness (QED) is 0.606. The van der Waals surface area contributed by atoms with Crippen molar-refractivity contribution in [2.24, 2.45) is 5.73 Å². The minimum atomic E-state index is -0.703. The van der Waals surface area contributed by atoms with Crippen LogP contribution in [0.3, 0.4) is 0 Å². The summed E-state index contributed by atoms with van der Waals surface area (Å²) < 4.78 is 4.99. The van der Waals surface area contributed by atoms with Crippen LogP contribution in [0.15, 0.2) is 0 Å². The van der Waals surface area contributed by atoms with Gasteiger partial charge in [-0.05, 0) is 47.3 Å². The van der Waals surface area contributed by atoms with Crippen LogP contribution in [0, 0.1) is 0 Å². The average Bonchev–Trinajstić information content (AvgIpc) is 2.08. The molecule has 0 radical (unpaired) electrons. The molecular formula is C11H25N3O2. The third-order valence-corrected chi connectivity index (χ3v) is 2.25. The zero-order valence-electron chi connectivity index (χ0n) is 10.9. The van der Waals surface area contributed by atoms with Crippen LogP contribution in [0.1, 0.15) is 26.7 Å². The minimum Gasteiger partial charge on any atom is -0.444 e. The van der Waals surface area contributed by atoms with Crippen LogP contribution in [0.4, 0.5) is 4.79 Å². The lowest BCUT2D eigenvalue weighted by molar-refractivity contribution is 0.0377. The maximum Gasteiger partial charge on any atom is 0.405 e. The fourth-order valence-corrected chi connectivity index (χ4v) is 1.39. The molecule has 0 aromatic heterocycles. The Labute approximate surface area is 98.3 Å². The van der Waals surface area contributed by atoms with Gasteiger partial charge in [0.1, 0.15) is 5.60 Å². The van der Waals surface area contributed by atoms with Crippen molar-refractivity contribution in [3.05, 3.63) is 0 Å². The van der Waals surface area contributed by atoms with Gasteiger partial charge in [0.25, 0.3) is 0 Å². The summed E-state index contributed by atoms with van der Waals surface area (Å²) in [6.45, 7) is 6.68. The Morgan fingerprint density at radius 3 is 2.50 bits per heavy atom. The molecule has 5 nitrogen and oxygen atoms in total. The van der Waals surface area contributed by atoms with Crippen molar-refractivity contribution in [3.63, 3.8) is 0 Å². The van der Waals surface area contributed by atoms with Gasteiger partial charge in [-0.25, -0.2) is 4.79 Å². The van der Waals surface area contributed by atoms with Crippen LogP contribution in [0.5, 0.6) is 0 Å². The normalized spacial score (nSPS) is 11.8. The second-order valence-electron chi connectivity index (χ2n) is 4.84. The molecule has 0 fully saturated rings. The Morgan fingerprint density at radius 2 is 2.00 bits per heavy atom. The highest BCUT2D eigenvalue weighted by molar-refractivity contribution is 5.65. The molecule has 0 unspecified atom stereocenters. The minimum absolute atomic E-state index is 0.463. The van der Waals surface area contributed by atoms with Gasteiger partial charge in [0.15, 0.2) is 0 Å². The third-order valence-electron chi connectivity index (χ3n) is 2.25. The molecule has 0 atom stereocenters. The number of nitrogens with zero attached hydrogens (tertiary/aromatic N) is 1. The predicted octanol–water partition coefficient (Wildman–Crippen LogP) is 0.792. The van der Waals surface area contributed by atoms with Crippen molar-refractivity contribution < 1.29 is 9.53 Å². The number of ether oxygens (including phenoxy) is 1. The first-order chi connectivity index (χ1) is 7.33. The highest BCUT2D eigenvalue weighted by atomic mass is 16.6. The van der Waals surface area contributed by atoms with Gasteiger partial charge in [-0.1, -0.05) is 0 Å². The summed E-state index contributed by atoms with van der Waals surface area (Å²) in [5.74, 6) is 0. The molecule has 0 aliphatic rings. The zero-order valence-corrected chi connectivity index (χ0v) is 10.9. The highest BCUT2D eigenvalue weighted by Gasteiger charge is 2.20. The third kappa shape index (κ3) is 9.73.